The van der Waals surface area contributed by atoms with E-state index in [1.54, 1.807) is 92.7 Å². The van der Waals surface area contributed by atoms with E-state index in [1.807, 2.05) is 6.92 Å². The molecule has 2 saturated carbocycles. The van der Waals surface area contributed by atoms with Crippen LogP contribution in [-0.4, -0.2) is 105 Å². The van der Waals surface area contributed by atoms with E-state index in [0.717, 1.165) is 6.92 Å². The molecule has 3 aromatic rings. The summed E-state index contributed by atoms with van der Waals surface area (Å²) >= 11 is 0. The number of fused-ring (bicyclic) bond motifs is 5. The van der Waals surface area contributed by atoms with Gasteiger partial charge in [-0.3, -0.25) is 19.2 Å². The Labute approximate surface area is 377 Å². The van der Waals surface area contributed by atoms with Gasteiger partial charge in [-0.1, -0.05) is 93.9 Å². The number of benzene rings is 3. The van der Waals surface area contributed by atoms with Crippen molar-refractivity contribution in [2.45, 2.75) is 128 Å². The molecule has 346 valence electrons. The zero-order valence-electron chi connectivity index (χ0n) is 37.4. The molecular formula is C50H57NO14. The summed E-state index contributed by atoms with van der Waals surface area (Å²) in [7, 11) is 0. The van der Waals surface area contributed by atoms with E-state index >= 15 is 4.79 Å². The van der Waals surface area contributed by atoms with E-state index in [2.05, 4.69) is 5.32 Å². The lowest BCUT2D eigenvalue weighted by molar-refractivity contribution is -0.346. The second kappa shape index (κ2) is 18.3. The first kappa shape index (κ1) is 47.2. The molecule has 3 fully saturated rings. The number of Topliss-reactive ketones (excluding diaryl/α,β-unsaturated/α-hetero) is 1. The van der Waals surface area contributed by atoms with Crippen molar-refractivity contribution < 1.29 is 67.8 Å². The van der Waals surface area contributed by atoms with Gasteiger partial charge in [-0.15, -0.1) is 0 Å². The zero-order valence-corrected chi connectivity index (χ0v) is 37.4. The zero-order chi connectivity index (χ0) is 47.1. The number of esters is 4. The van der Waals surface area contributed by atoms with Crippen molar-refractivity contribution in [1.82, 2.24) is 5.32 Å². The van der Waals surface area contributed by atoms with Gasteiger partial charge in [-0.2, -0.15) is 0 Å². The summed E-state index contributed by atoms with van der Waals surface area (Å²) in [4.78, 5) is 84.8. The molecule has 4 aliphatic rings. The highest BCUT2D eigenvalue weighted by molar-refractivity contribution is 5.96. The van der Waals surface area contributed by atoms with Crippen LogP contribution in [-0.2, 0) is 42.9 Å². The Hall–Kier alpha value is -5.74. The molecular weight excluding hydrogens is 839 g/mol. The van der Waals surface area contributed by atoms with Gasteiger partial charge in [0.1, 0.15) is 23.9 Å². The second-order valence-corrected chi connectivity index (χ2v) is 18.3. The van der Waals surface area contributed by atoms with Crippen molar-refractivity contribution >= 4 is 35.6 Å². The average molecular weight is 896 g/mol. The van der Waals surface area contributed by atoms with Crippen molar-refractivity contribution in [2.24, 2.45) is 16.7 Å². The summed E-state index contributed by atoms with van der Waals surface area (Å²) in [5.74, 6) is -6.67. The van der Waals surface area contributed by atoms with Gasteiger partial charge in [-0.25, -0.2) is 9.59 Å². The summed E-state index contributed by atoms with van der Waals surface area (Å²) < 4.78 is 30.9. The largest absolute Gasteiger partial charge is 0.456 e. The predicted molar refractivity (Wildman–Crippen MR) is 232 cm³/mol. The van der Waals surface area contributed by atoms with E-state index in [-0.39, 0.29) is 41.7 Å². The van der Waals surface area contributed by atoms with E-state index in [4.69, 9.17) is 23.7 Å². The molecule has 1 aliphatic heterocycles. The molecule has 1 heterocycles. The topological polar surface area (TPSA) is 221 Å². The van der Waals surface area contributed by atoms with E-state index in [9.17, 15) is 39.3 Å². The number of aliphatic hydroxyl groups excluding tert-OH is 2. The van der Waals surface area contributed by atoms with Gasteiger partial charge in [0.15, 0.2) is 23.6 Å². The molecule has 11 atom stereocenters. The molecule has 1 saturated heterocycles. The van der Waals surface area contributed by atoms with Gasteiger partial charge in [0, 0.05) is 37.2 Å². The Bertz CT molecular complexity index is 2330. The minimum Gasteiger partial charge on any atom is -0.456 e. The Morgan fingerprint density at radius 1 is 0.877 bits per heavy atom. The van der Waals surface area contributed by atoms with Crippen molar-refractivity contribution in [3.8, 4) is 0 Å². The number of ether oxygens (including phenoxy) is 5. The van der Waals surface area contributed by atoms with Crippen LogP contribution in [0.2, 0.25) is 0 Å². The molecule has 65 heavy (non-hydrogen) atoms. The fourth-order valence-electron chi connectivity index (χ4n) is 10.5. The minimum absolute atomic E-state index is 0.00402. The number of hydrogen-bond acceptors (Lipinski definition) is 14. The van der Waals surface area contributed by atoms with Crippen LogP contribution in [0.5, 0.6) is 0 Å². The van der Waals surface area contributed by atoms with Crippen molar-refractivity contribution in [1.29, 1.82) is 0 Å². The Balaban J connectivity index is 1.39. The average Bonchev–Trinajstić information content (AvgIpc) is 3.28. The Kier molecular flexibility index (Phi) is 13.3. The highest BCUT2D eigenvalue weighted by atomic mass is 16.6. The van der Waals surface area contributed by atoms with Crippen molar-refractivity contribution in [3.63, 3.8) is 0 Å². The normalized spacial score (nSPS) is 30.9. The summed E-state index contributed by atoms with van der Waals surface area (Å²) in [5.41, 5.74) is -7.01. The molecule has 15 nitrogen and oxygen atoms in total. The number of unbranched alkanes of at least 4 members (excludes halogenated alkanes) is 1. The second-order valence-electron chi connectivity index (χ2n) is 18.3. The molecule has 0 radical (unpaired) electrons. The first-order chi connectivity index (χ1) is 30.8. The molecule has 2 bridgehead atoms. The summed E-state index contributed by atoms with van der Waals surface area (Å²) in [6, 6.07) is 23.0. The van der Waals surface area contributed by atoms with Crippen LogP contribution in [0, 0.1) is 16.7 Å². The number of hydrogen-bond donors (Lipinski definition) is 4. The molecule has 15 heteroatoms. The number of nitrogens with one attached hydrogen (secondary N) is 1. The van der Waals surface area contributed by atoms with Crippen LogP contribution in [0.3, 0.4) is 0 Å². The van der Waals surface area contributed by atoms with Gasteiger partial charge < -0.3 is 44.3 Å². The number of ketones is 1. The quantitative estimate of drug-likeness (QED) is 0.102. The lowest BCUT2D eigenvalue weighted by Crippen LogP contribution is -2.82. The maximum atomic E-state index is 15.7. The standard InChI is InChI=1S/C50H57NO14/c1-7-8-24-36(54)65-49-27-61-35(49)25-34(53)48(6)41(49)43(64-45(58)32-22-16-11-17-23-32)50(60)26-33(28(2)37(47(50,4)5)40(42(48)56)62-29(3)52)63-46(59)39(55)38(30-18-12-9-13-19-30)51-44(57)31-20-14-10-15-21-31/h9-23,33-35,38-41,43,53,55,60H,7-8,24-27H2,1-6H3,(H,51,57)/t33-,34-,35+,38?,39+,40+,41?,43-,48+,49-,50+/m0/s1. The van der Waals surface area contributed by atoms with Crippen LogP contribution in [0.1, 0.15) is 106 Å². The molecule has 0 spiro atoms. The first-order valence-electron chi connectivity index (χ1n) is 22.0. The maximum Gasteiger partial charge on any atom is 0.338 e. The number of amides is 1. The Morgan fingerprint density at radius 2 is 1.48 bits per heavy atom. The van der Waals surface area contributed by atoms with Crippen molar-refractivity contribution in [2.75, 3.05) is 6.61 Å². The minimum atomic E-state index is -2.40. The van der Waals surface area contributed by atoms with Crippen molar-refractivity contribution in [3.05, 3.63) is 119 Å². The van der Waals surface area contributed by atoms with Crippen LogP contribution >= 0.6 is 0 Å². The van der Waals surface area contributed by atoms with Gasteiger partial charge in [0.25, 0.3) is 5.91 Å². The molecule has 0 aromatic heterocycles. The highest BCUT2D eigenvalue weighted by Crippen LogP contribution is 2.64. The maximum absolute atomic E-state index is 15.7. The third kappa shape index (κ3) is 8.28. The van der Waals surface area contributed by atoms with E-state index in [1.165, 1.54) is 26.0 Å². The summed E-state index contributed by atoms with van der Waals surface area (Å²) in [5, 5.41) is 40.6. The number of rotatable bonds is 13. The van der Waals surface area contributed by atoms with Gasteiger partial charge >= 0.3 is 23.9 Å². The van der Waals surface area contributed by atoms with Crippen LogP contribution in [0.4, 0.5) is 0 Å². The Morgan fingerprint density at radius 3 is 2.05 bits per heavy atom. The van der Waals surface area contributed by atoms with E-state index in [0.29, 0.717) is 18.4 Å². The summed E-state index contributed by atoms with van der Waals surface area (Å²) in [6.07, 6.45) is -9.39. The molecule has 3 aromatic carbocycles. The molecule has 4 N–H and O–H groups in total. The number of carbonyl (C=O) groups is 6. The van der Waals surface area contributed by atoms with Gasteiger partial charge in [0.2, 0.25) is 0 Å². The smallest absolute Gasteiger partial charge is 0.338 e. The monoisotopic (exact) mass is 895 g/mol. The van der Waals surface area contributed by atoms with Crippen LogP contribution in [0.15, 0.2) is 102 Å². The predicted octanol–water partition coefficient (Wildman–Crippen LogP) is 4.91. The lowest BCUT2D eigenvalue weighted by atomic mass is 9.44. The first-order valence-corrected chi connectivity index (χ1v) is 22.0. The fourth-order valence-corrected chi connectivity index (χ4v) is 10.5. The molecule has 3 aliphatic carbocycles. The van der Waals surface area contributed by atoms with Gasteiger partial charge in [-0.05, 0) is 61.2 Å². The molecule has 7 rings (SSSR count). The molecule has 2 unspecified atom stereocenters. The third-order valence-corrected chi connectivity index (χ3v) is 14.2. The SMILES string of the molecule is CCCCC(=O)O[C@@]12CO[C@@H]1C[C@H](O)[C@@]1(C)C(=O)[C@H](OC(C)=O)C3=C(C)[C@@H](OC(=O)[C@H](O)C(NC(=O)c4ccccc4)c4ccccc4)C[C@@](O)([C@@H](OC(=O)c4ccccc4)C12)C3(C)C. The highest BCUT2D eigenvalue weighted by Gasteiger charge is 2.78. The third-order valence-electron chi connectivity index (χ3n) is 14.2. The number of aliphatic hydroxyl groups is 3. The summed E-state index contributed by atoms with van der Waals surface area (Å²) in [6.45, 7) is 8.81. The lowest BCUT2D eigenvalue weighted by Gasteiger charge is -2.67. The molecule has 1 amide bonds. The van der Waals surface area contributed by atoms with E-state index < -0.39 is 113 Å². The van der Waals surface area contributed by atoms with Gasteiger partial charge in [0.05, 0.1) is 35.6 Å². The van der Waals surface area contributed by atoms with Crippen LogP contribution in [0.25, 0.3) is 0 Å². The van der Waals surface area contributed by atoms with Crippen LogP contribution < -0.4 is 5.32 Å². The number of carbonyl (C=O) groups excluding carboxylic acids is 6. The fraction of sp³-hybridized carbons (Fsp3) is 0.480.